The molecular formula is C15H25NO5. The van der Waals surface area contributed by atoms with Gasteiger partial charge in [-0.05, 0) is 32.6 Å². The van der Waals surface area contributed by atoms with Crippen LogP contribution in [0.4, 0.5) is 0 Å². The van der Waals surface area contributed by atoms with E-state index in [-0.39, 0.29) is 12.0 Å². The molecule has 1 saturated carbocycles. The zero-order valence-corrected chi connectivity index (χ0v) is 12.9. The Morgan fingerprint density at radius 2 is 1.95 bits per heavy atom. The van der Waals surface area contributed by atoms with Gasteiger partial charge in [0.05, 0.1) is 18.4 Å². The Balaban J connectivity index is 1.86. The zero-order chi connectivity index (χ0) is 15.6. The Hall–Kier alpha value is -1.14. The van der Waals surface area contributed by atoms with Crippen molar-refractivity contribution in [1.29, 1.82) is 0 Å². The van der Waals surface area contributed by atoms with Crippen LogP contribution in [0.1, 0.15) is 40.0 Å². The number of aliphatic carboxylic acids is 1. The molecule has 0 aromatic carbocycles. The van der Waals surface area contributed by atoms with E-state index in [2.05, 4.69) is 5.32 Å². The van der Waals surface area contributed by atoms with Gasteiger partial charge < -0.3 is 19.9 Å². The Kier molecular flexibility index (Phi) is 4.88. The molecule has 0 aromatic rings. The van der Waals surface area contributed by atoms with Gasteiger partial charge in [0.2, 0.25) is 5.91 Å². The lowest BCUT2D eigenvalue weighted by Gasteiger charge is -2.19. The first-order valence-electron chi connectivity index (χ1n) is 7.64. The van der Waals surface area contributed by atoms with E-state index in [0.29, 0.717) is 31.9 Å². The molecule has 1 aliphatic carbocycles. The smallest absolute Gasteiger partial charge is 0.307 e. The van der Waals surface area contributed by atoms with Crippen LogP contribution < -0.4 is 5.32 Å². The SMILES string of the molecule is CCC1C[C@H](C(=O)NCC2COC(C)(C)O2)[C@H](C(=O)O)C1. The minimum absolute atomic E-state index is 0.171. The van der Waals surface area contributed by atoms with Gasteiger partial charge >= 0.3 is 5.97 Å². The standard InChI is InChI=1S/C15H25NO5/c1-4-9-5-11(12(6-9)14(18)19)13(17)16-7-10-8-20-15(2,3)21-10/h9-12H,4-8H2,1-3H3,(H,16,17)(H,18,19)/t9?,10?,11-,12+/m0/s1. The largest absolute Gasteiger partial charge is 0.481 e. The normalized spacial score (nSPS) is 34.8. The summed E-state index contributed by atoms with van der Waals surface area (Å²) in [6.45, 7) is 6.51. The maximum absolute atomic E-state index is 12.3. The molecule has 2 aliphatic rings. The molecule has 2 unspecified atom stereocenters. The second kappa shape index (κ2) is 6.32. The van der Waals surface area contributed by atoms with E-state index >= 15 is 0 Å². The first-order chi connectivity index (χ1) is 9.82. The van der Waals surface area contributed by atoms with E-state index in [1.165, 1.54) is 0 Å². The number of carbonyl (C=O) groups excluding carboxylic acids is 1. The van der Waals surface area contributed by atoms with E-state index < -0.39 is 23.6 Å². The molecule has 1 saturated heterocycles. The quantitative estimate of drug-likeness (QED) is 0.801. The third kappa shape index (κ3) is 3.95. The van der Waals surface area contributed by atoms with Crippen LogP contribution in [0, 0.1) is 17.8 Å². The molecule has 0 bridgehead atoms. The Bertz CT molecular complexity index is 409. The van der Waals surface area contributed by atoms with Gasteiger partial charge in [0, 0.05) is 6.54 Å². The predicted molar refractivity (Wildman–Crippen MR) is 75.5 cm³/mol. The summed E-state index contributed by atoms with van der Waals surface area (Å²) in [5.41, 5.74) is 0. The summed E-state index contributed by atoms with van der Waals surface area (Å²) in [6, 6.07) is 0. The number of carboxylic acid groups (broad SMARTS) is 1. The molecule has 0 radical (unpaired) electrons. The third-order valence-electron chi connectivity index (χ3n) is 4.46. The summed E-state index contributed by atoms with van der Waals surface area (Å²) in [5, 5.41) is 12.1. The molecule has 1 heterocycles. The van der Waals surface area contributed by atoms with Gasteiger partial charge in [0.1, 0.15) is 6.10 Å². The molecule has 1 amide bonds. The molecular weight excluding hydrogens is 274 g/mol. The first-order valence-corrected chi connectivity index (χ1v) is 7.64. The van der Waals surface area contributed by atoms with Crippen LogP contribution in [-0.2, 0) is 19.1 Å². The fourth-order valence-corrected chi connectivity index (χ4v) is 3.25. The van der Waals surface area contributed by atoms with Gasteiger partial charge in [-0.1, -0.05) is 13.3 Å². The predicted octanol–water partition coefficient (Wildman–Crippen LogP) is 1.39. The van der Waals surface area contributed by atoms with Crippen LogP contribution >= 0.6 is 0 Å². The van der Waals surface area contributed by atoms with Crippen molar-refractivity contribution in [1.82, 2.24) is 5.32 Å². The highest BCUT2D eigenvalue weighted by Gasteiger charge is 2.42. The second-order valence-electron chi connectivity index (χ2n) is 6.49. The number of rotatable bonds is 5. The van der Waals surface area contributed by atoms with Crippen LogP contribution in [-0.4, -0.2) is 42.0 Å². The van der Waals surface area contributed by atoms with E-state index in [0.717, 1.165) is 6.42 Å². The number of carboxylic acids is 1. The first kappa shape index (κ1) is 16.2. The van der Waals surface area contributed by atoms with Gasteiger partial charge in [-0.25, -0.2) is 0 Å². The van der Waals surface area contributed by atoms with Gasteiger partial charge in [-0.3, -0.25) is 9.59 Å². The molecule has 2 fully saturated rings. The van der Waals surface area contributed by atoms with Gasteiger partial charge in [-0.2, -0.15) is 0 Å². The molecule has 2 rings (SSSR count). The van der Waals surface area contributed by atoms with Gasteiger partial charge in [-0.15, -0.1) is 0 Å². The molecule has 120 valence electrons. The summed E-state index contributed by atoms with van der Waals surface area (Å²) >= 11 is 0. The van der Waals surface area contributed by atoms with Crippen molar-refractivity contribution in [3.8, 4) is 0 Å². The zero-order valence-electron chi connectivity index (χ0n) is 12.9. The molecule has 0 aromatic heterocycles. The van der Waals surface area contributed by atoms with Gasteiger partial charge in [0.25, 0.3) is 0 Å². The van der Waals surface area contributed by atoms with E-state index in [4.69, 9.17) is 9.47 Å². The fourth-order valence-electron chi connectivity index (χ4n) is 3.25. The van der Waals surface area contributed by atoms with Crippen molar-refractivity contribution >= 4 is 11.9 Å². The molecule has 4 atom stereocenters. The van der Waals surface area contributed by atoms with Crippen LogP contribution in [0.3, 0.4) is 0 Å². The van der Waals surface area contributed by atoms with Crippen molar-refractivity contribution < 1.29 is 24.2 Å². The highest BCUT2D eigenvalue weighted by molar-refractivity contribution is 5.85. The summed E-state index contributed by atoms with van der Waals surface area (Å²) in [4.78, 5) is 23.6. The van der Waals surface area contributed by atoms with E-state index in [9.17, 15) is 14.7 Å². The second-order valence-corrected chi connectivity index (χ2v) is 6.49. The molecule has 21 heavy (non-hydrogen) atoms. The topological polar surface area (TPSA) is 84.9 Å². The average Bonchev–Trinajstić information content (AvgIpc) is 2.99. The summed E-state index contributed by atoms with van der Waals surface area (Å²) in [5.74, 6) is -2.32. The lowest BCUT2D eigenvalue weighted by molar-refractivity contribution is -0.146. The maximum atomic E-state index is 12.3. The van der Waals surface area contributed by atoms with Crippen molar-refractivity contribution in [2.75, 3.05) is 13.2 Å². The van der Waals surface area contributed by atoms with Crippen LogP contribution in [0.25, 0.3) is 0 Å². The number of amides is 1. The number of carbonyl (C=O) groups is 2. The number of hydrogen-bond donors (Lipinski definition) is 2. The molecule has 2 N–H and O–H groups in total. The fraction of sp³-hybridized carbons (Fsp3) is 0.867. The monoisotopic (exact) mass is 299 g/mol. The highest BCUT2D eigenvalue weighted by Crippen LogP contribution is 2.38. The molecule has 0 spiro atoms. The summed E-state index contributed by atoms with van der Waals surface area (Å²) in [6.07, 6.45) is 2.00. The van der Waals surface area contributed by atoms with Crippen molar-refractivity contribution in [3.05, 3.63) is 0 Å². The summed E-state index contributed by atoms with van der Waals surface area (Å²) in [7, 11) is 0. The Morgan fingerprint density at radius 3 is 2.48 bits per heavy atom. The molecule has 1 aliphatic heterocycles. The number of ether oxygens (including phenoxy) is 2. The lowest BCUT2D eigenvalue weighted by Crippen LogP contribution is -2.40. The van der Waals surface area contributed by atoms with Crippen molar-refractivity contribution in [3.63, 3.8) is 0 Å². The maximum Gasteiger partial charge on any atom is 0.307 e. The van der Waals surface area contributed by atoms with E-state index in [1.807, 2.05) is 20.8 Å². The number of hydrogen-bond acceptors (Lipinski definition) is 4. The van der Waals surface area contributed by atoms with Gasteiger partial charge in [0.15, 0.2) is 5.79 Å². The van der Waals surface area contributed by atoms with Crippen molar-refractivity contribution in [2.45, 2.75) is 51.9 Å². The van der Waals surface area contributed by atoms with E-state index in [1.54, 1.807) is 0 Å². The lowest BCUT2D eigenvalue weighted by atomic mass is 9.95. The minimum atomic E-state index is -0.868. The van der Waals surface area contributed by atoms with Crippen LogP contribution in [0.15, 0.2) is 0 Å². The average molecular weight is 299 g/mol. The number of nitrogens with one attached hydrogen (secondary N) is 1. The Labute approximate surface area is 125 Å². The summed E-state index contributed by atoms with van der Waals surface area (Å²) < 4.78 is 11.1. The highest BCUT2D eigenvalue weighted by atomic mass is 16.7. The molecule has 6 nitrogen and oxygen atoms in total. The minimum Gasteiger partial charge on any atom is -0.481 e. The Morgan fingerprint density at radius 1 is 1.29 bits per heavy atom. The van der Waals surface area contributed by atoms with Crippen LogP contribution in [0.5, 0.6) is 0 Å². The van der Waals surface area contributed by atoms with Crippen LogP contribution in [0.2, 0.25) is 0 Å². The molecule has 6 heteroatoms. The van der Waals surface area contributed by atoms with Crippen molar-refractivity contribution in [2.24, 2.45) is 17.8 Å². The third-order valence-corrected chi connectivity index (χ3v) is 4.46.